The van der Waals surface area contributed by atoms with Gasteiger partial charge in [-0.05, 0) is 43.1 Å². The highest BCUT2D eigenvalue weighted by molar-refractivity contribution is 7.80. The first-order chi connectivity index (χ1) is 11.2. The average molecular weight is 334 g/mol. The molecule has 3 rings (SSSR count). The molecule has 2 aliphatic heterocycles. The maximum absolute atomic E-state index is 5.64. The lowest BCUT2D eigenvalue weighted by molar-refractivity contribution is 0.112. The molecule has 0 unspecified atom stereocenters. The smallest absolute Gasteiger partial charge is 0.169 e. The largest absolute Gasteiger partial charge is 0.376 e. The van der Waals surface area contributed by atoms with Crippen molar-refractivity contribution in [2.45, 2.75) is 32.4 Å². The zero-order valence-electron chi connectivity index (χ0n) is 14.0. The quantitative estimate of drug-likeness (QED) is 0.853. The molecule has 4 nitrogen and oxygen atoms in total. The van der Waals surface area contributed by atoms with Gasteiger partial charge in [-0.25, -0.2) is 0 Å². The molecule has 2 heterocycles. The number of thiocarbonyl (C=S) groups is 1. The number of aryl methyl sites for hydroxylation is 1. The van der Waals surface area contributed by atoms with E-state index in [1.807, 2.05) is 0 Å². The van der Waals surface area contributed by atoms with Crippen LogP contribution < -0.4 is 5.32 Å². The SMILES string of the molecule is Cc1ccccc1CN1CCN(C(=S)NC[C@H]2CCCO2)CC1. The molecule has 2 saturated heterocycles. The summed E-state index contributed by atoms with van der Waals surface area (Å²) in [5, 5.41) is 4.27. The van der Waals surface area contributed by atoms with Crippen molar-refractivity contribution in [3.05, 3.63) is 35.4 Å². The Labute approximate surface area is 144 Å². The summed E-state index contributed by atoms with van der Waals surface area (Å²) < 4.78 is 5.64. The van der Waals surface area contributed by atoms with Gasteiger partial charge < -0.3 is 15.0 Å². The molecule has 1 aromatic carbocycles. The lowest BCUT2D eigenvalue weighted by Crippen LogP contribution is -2.52. The van der Waals surface area contributed by atoms with Gasteiger partial charge in [-0.15, -0.1) is 0 Å². The fourth-order valence-electron chi connectivity index (χ4n) is 3.26. The van der Waals surface area contributed by atoms with Gasteiger partial charge in [-0.1, -0.05) is 24.3 Å². The minimum absolute atomic E-state index is 0.343. The fraction of sp³-hybridized carbons (Fsp3) is 0.611. The van der Waals surface area contributed by atoms with Gasteiger partial charge in [-0.2, -0.15) is 0 Å². The summed E-state index contributed by atoms with van der Waals surface area (Å²) in [7, 11) is 0. The number of rotatable bonds is 4. The van der Waals surface area contributed by atoms with Crippen LogP contribution in [0.5, 0.6) is 0 Å². The molecule has 0 amide bonds. The predicted octanol–water partition coefficient (Wildman–Crippen LogP) is 2.17. The van der Waals surface area contributed by atoms with Crippen LogP contribution in [0.4, 0.5) is 0 Å². The lowest BCUT2D eigenvalue weighted by atomic mass is 10.1. The van der Waals surface area contributed by atoms with E-state index < -0.39 is 0 Å². The zero-order chi connectivity index (χ0) is 16.1. The third kappa shape index (κ3) is 4.66. The van der Waals surface area contributed by atoms with Crippen LogP contribution in [0.25, 0.3) is 0 Å². The number of benzene rings is 1. The molecule has 5 heteroatoms. The molecule has 0 saturated carbocycles. The third-order valence-electron chi connectivity index (χ3n) is 4.82. The van der Waals surface area contributed by atoms with Crippen molar-refractivity contribution in [1.82, 2.24) is 15.1 Å². The maximum Gasteiger partial charge on any atom is 0.169 e. The van der Waals surface area contributed by atoms with Gasteiger partial charge in [0, 0.05) is 45.9 Å². The van der Waals surface area contributed by atoms with Crippen LogP contribution >= 0.6 is 12.2 Å². The summed E-state index contributed by atoms with van der Waals surface area (Å²) in [6.07, 6.45) is 2.67. The van der Waals surface area contributed by atoms with Crippen molar-refractivity contribution in [2.24, 2.45) is 0 Å². The second-order valence-corrected chi connectivity index (χ2v) is 6.90. The molecule has 1 aromatic rings. The normalized spacial score (nSPS) is 22.3. The van der Waals surface area contributed by atoms with E-state index in [4.69, 9.17) is 17.0 Å². The van der Waals surface area contributed by atoms with Crippen LogP contribution in [0.15, 0.2) is 24.3 Å². The molecule has 0 bridgehead atoms. The van der Waals surface area contributed by atoms with Crippen LogP contribution in [0.2, 0.25) is 0 Å². The van der Waals surface area contributed by atoms with Crippen molar-refractivity contribution >= 4 is 17.3 Å². The van der Waals surface area contributed by atoms with Gasteiger partial charge in [0.25, 0.3) is 0 Å². The molecule has 2 aliphatic rings. The Hall–Kier alpha value is -1.17. The molecule has 1 N–H and O–H groups in total. The van der Waals surface area contributed by atoms with Gasteiger partial charge in [0.2, 0.25) is 0 Å². The van der Waals surface area contributed by atoms with E-state index in [9.17, 15) is 0 Å². The standard InChI is InChI=1S/C18H27N3OS/c1-15-5-2-3-6-16(15)14-20-8-10-21(11-9-20)18(23)19-13-17-7-4-12-22-17/h2-3,5-6,17H,4,7-14H2,1H3,(H,19,23)/t17-/m1/s1. The molecule has 0 aliphatic carbocycles. The zero-order valence-corrected chi connectivity index (χ0v) is 14.8. The van der Waals surface area contributed by atoms with E-state index in [0.717, 1.165) is 57.4 Å². The lowest BCUT2D eigenvalue weighted by Gasteiger charge is -2.36. The number of hydrogen-bond acceptors (Lipinski definition) is 3. The summed E-state index contributed by atoms with van der Waals surface area (Å²) in [4.78, 5) is 4.81. The number of ether oxygens (including phenoxy) is 1. The summed E-state index contributed by atoms with van der Waals surface area (Å²) >= 11 is 5.54. The van der Waals surface area contributed by atoms with Gasteiger partial charge in [0.05, 0.1) is 6.10 Å². The Balaban J connectivity index is 1.41. The number of hydrogen-bond donors (Lipinski definition) is 1. The molecule has 23 heavy (non-hydrogen) atoms. The monoisotopic (exact) mass is 333 g/mol. The molecule has 126 valence electrons. The Kier molecular flexibility index (Phi) is 5.86. The molecule has 1 atom stereocenters. The van der Waals surface area contributed by atoms with E-state index in [1.54, 1.807) is 0 Å². The number of nitrogens with zero attached hydrogens (tertiary/aromatic N) is 2. The Morgan fingerprint density at radius 2 is 2.04 bits per heavy atom. The first-order valence-corrected chi connectivity index (χ1v) is 9.04. The fourth-order valence-corrected chi connectivity index (χ4v) is 3.52. The maximum atomic E-state index is 5.64. The second kappa shape index (κ2) is 8.08. The van der Waals surface area contributed by atoms with Crippen LogP contribution in [0.1, 0.15) is 24.0 Å². The summed E-state index contributed by atoms with van der Waals surface area (Å²) in [5.41, 5.74) is 2.81. The van der Waals surface area contributed by atoms with Crippen molar-refractivity contribution in [2.75, 3.05) is 39.3 Å². The highest BCUT2D eigenvalue weighted by atomic mass is 32.1. The topological polar surface area (TPSA) is 27.7 Å². The highest BCUT2D eigenvalue weighted by Crippen LogP contribution is 2.13. The van der Waals surface area contributed by atoms with Crippen LogP contribution in [-0.2, 0) is 11.3 Å². The van der Waals surface area contributed by atoms with Crippen molar-refractivity contribution in [3.63, 3.8) is 0 Å². The first-order valence-electron chi connectivity index (χ1n) is 8.63. The summed E-state index contributed by atoms with van der Waals surface area (Å²) in [5.74, 6) is 0. The van der Waals surface area contributed by atoms with Crippen molar-refractivity contribution in [1.29, 1.82) is 0 Å². The molecular weight excluding hydrogens is 306 g/mol. The van der Waals surface area contributed by atoms with Gasteiger partial charge >= 0.3 is 0 Å². The Morgan fingerprint density at radius 1 is 1.26 bits per heavy atom. The number of nitrogens with one attached hydrogen (secondary N) is 1. The highest BCUT2D eigenvalue weighted by Gasteiger charge is 2.21. The van der Waals surface area contributed by atoms with Gasteiger partial charge in [0.15, 0.2) is 5.11 Å². The average Bonchev–Trinajstić information content (AvgIpc) is 3.09. The molecular formula is C18H27N3OS. The second-order valence-electron chi connectivity index (χ2n) is 6.51. The Morgan fingerprint density at radius 3 is 2.74 bits per heavy atom. The van der Waals surface area contributed by atoms with E-state index in [0.29, 0.717) is 6.10 Å². The minimum Gasteiger partial charge on any atom is -0.376 e. The molecule has 0 aromatic heterocycles. The van der Waals surface area contributed by atoms with E-state index in [1.165, 1.54) is 17.5 Å². The van der Waals surface area contributed by atoms with Crippen LogP contribution in [0, 0.1) is 6.92 Å². The van der Waals surface area contributed by atoms with Crippen molar-refractivity contribution < 1.29 is 4.74 Å². The molecule has 2 fully saturated rings. The van der Waals surface area contributed by atoms with E-state index in [-0.39, 0.29) is 0 Å². The third-order valence-corrected chi connectivity index (χ3v) is 5.22. The molecule has 0 radical (unpaired) electrons. The van der Waals surface area contributed by atoms with Crippen molar-refractivity contribution in [3.8, 4) is 0 Å². The summed E-state index contributed by atoms with van der Waals surface area (Å²) in [6.45, 7) is 9.12. The van der Waals surface area contributed by atoms with Crippen LogP contribution in [-0.4, -0.2) is 60.3 Å². The minimum atomic E-state index is 0.343. The first kappa shape index (κ1) is 16.7. The Bertz CT molecular complexity index is 523. The van der Waals surface area contributed by atoms with Crippen LogP contribution in [0.3, 0.4) is 0 Å². The number of piperazine rings is 1. The van der Waals surface area contributed by atoms with E-state index >= 15 is 0 Å². The summed E-state index contributed by atoms with van der Waals surface area (Å²) in [6, 6.07) is 8.66. The van der Waals surface area contributed by atoms with Gasteiger partial charge in [-0.3, -0.25) is 4.90 Å². The molecule has 0 spiro atoms. The van der Waals surface area contributed by atoms with E-state index in [2.05, 4.69) is 46.3 Å². The van der Waals surface area contributed by atoms with Gasteiger partial charge in [0.1, 0.15) is 0 Å². The predicted molar refractivity (Wildman–Crippen MR) is 97.6 cm³/mol.